The number of halogens is 1. The van der Waals surface area contributed by atoms with Crippen molar-refractivity contribution < 1.29 is 0 Å². The lowest BCUT2D eigenvalue weighted by Crippen LogP contribution is -2.37. The van der Waals surface area contributed by atoms with Crippen LogP contribution < -0.4 is 0 Å². The lowest BCUT2D eigenvalue weighted by molar-refractivity contribution is 0.472. The number of hydrogen-bond donors (Lipinski definition) is 0. The number of aliphatic imine (C=N–C) groups is 2. The molecule has 1 heterocycles. The third-order valence-electron chi connectivity index (χ3n) is 5.11. The van der Waals surface area contributed by atoms with Gasteiger partial charge in [0.25, 0.3) is 0 Å². The molecule has 0 aromatic heterocycles. The molecule has 1 unspecified atom stereocenters. The normalized spacial score (nSPS) is 16.9. The van der Waals surface area contributed by atoms with Crippen molar-refractivity contribution in [3.05, 3.63) is 96.1 Å². The summed E-state index contributed by atoms with van der Waals surface area (Å²) < 4.78 is 0. The summed E-state index contributed by atoms with van der Waals surface area (Å²) in [6.45, 7) is 0. The van der Waals surface area contributed by atoms with E-state index in [2.05, 4.69) is 65.7 Å². The van der Waals surface area contributed by atoms with Crippen molar-refractivity contribution in [1.29, 1.82) is 0 Å². The van der Waals surface area contributed by atoms with Gasteiger partial charge in [-0.25, -0.2) is 9.98 Å². The fourth-order valence-corrected chi connectivity index (χ4v) is 3.75. The standard InChI is InChI=1S/C24H18ClN3/c1-28-23(21-13-11-17-7-3-5-9-19(17)15-21)26-22(27-24(28)25)20-12-10-16-6-2-4-8-18(16)14-20/h2-15,24H,1H3. The number of nitrogens with zero attached hydrogens (tertiary/aromatic N) is 3. The summed E-state index contributed by atoms with van der Waals surface area (Å²) >= 11 is 6.55. The molecule has 0 bridgehead atoms. The Kier molecular flexibility index (Phi) is 4.10. The third-order valence-corrected chi connectivity index (χ3v) is 5.50. The molecule has 5 rings (SSSR count). The molecule has 0 aliphatic carbocycles. The van der Waals surface area contributed by atoms with Crippen LogP contribution >= 0.6 is 11.6 Å². The zero-order valence-corrected chi connectivity index (χ0v) is 16.1. The Hall–Kier alpha value is -3.17. The van der Waals surface area contributed by atoms with Crippen LogP contribution in [-0.2, 0) is 0 Å². The van der Waals surface area contributed by atoms with Gasteiger partial charge in [-0.2, -0.15) is 0 Å². The van der Waals surface area contributed by atoms with Gasteiger partial charge < -0.3 is 4.90 Å². The summed E-state index contributed by atoms with van der Waals surface area (Å²) in [5.74, 6) is 1.48. The van der Waals surface area contributed by atoms with Crippen molar-refractivity contribution in [3.63, 3.8) is 0 Å². The Morgan fingerprint density at radius 1 is 0.714 bits per heavy atom. The summed E-state index contributed by atoms with van der Waals surface area (Å²) in [6.07, 6.45) is 0. The molecule has 0 spiro atoms. The van der Waals surface area contributed by atoms with Gasteiger partial charge in [0.05, 0.1) is 0 Å². The van der Waals surface area contributed by atoms with E-state index in [-0.39, 0.29) is 0 Å². The van der Waals surface area contributed by atoms with Gasteiger partial charge in [0.15, 0.2) is 5.84 Å². The van der Waals surface area contributed by atoms with E-state index in [1.807, 2.05) is 36.2 Å². The van der Waals surface area contributed by atoms with E-state index in [9.17, 15) is 0 Å². The molecule has 4 heteroatoms. The smallest absolute Gasteiger partial charge is 0.201 e. The maximum Gasteiger partial charge on any atom is 0.201 e. The molecule has 0 fully saturated rings. The second-order valence-electron chi connectivity index (χ2n) is 6.93. The first-order chi connectivity index (χ1) is 13.7. The summed E-state index contributed by atoms with van der Waals surface area (Å²) in [7, 11) is 1.92. The highest BCUT2D eigenvalue weighted by Crippen LogP contribution is 2.24. The van der Waals surface area contributed by atoms with E-state index in [1.165, 1.54) is 16.2 Å². The van der Waals surface area contributed by atoms with E-state index >= 15 is 0 Å². The topological polar surface area (TPSA) is 28.0 Å². The number of benzene rings is 4. The second kappa shape index (κ2) is 6.77. The predicted octanol–water partition coefficient (Wildman–Crippen LogP) is 5.65. The van der Waals surface area contributed by atoms with Crippen molar-refractivity contribution in [2.45, 2.75) is 5.62 Å². The molecule has 1 aliphatic heterocycles. The van der Waals surface area contributed by atoms with Gasteiger partial charge >= 0.3 is 0 Å². The lowest BCUT2D eigenvalue weighted by Gasteiger charge is -2.28. The Morgan fingerprint density at radius 2 is 1.25 bits per heavy atom. The zero-order valence-electron chi connectivity index (χ0n) is 15.4. The van der Waals surface area contributed by atoms with Crippen LogP contribution in [-0.4, -0.2) is 29.2 Å². The van der Waals surface area contributed by atoms with Crippen molar-refractivity contribution in [3.8, 4) is 0 Å². The molecule has 0 radical (unpaired) electrons. The molecule has 0 N–H and O–H groups in total. The number of fused-ring (bicyclic) bond motifs is 2. The van der Waals surface area contributed by atoms with Crippen LogP contribution in [0.15, 0.2) is 94.9 Å². The predicted molar refractivity (Wildman–Crippen MR) is 118 cm³/mol. The van der Waals surface area contributed by atoms with Crippen LogP contribution in [0.4, 0.5) is 0 Å². The maximum atomic E-state index is 6.55. The van der Waals surface area contributed by atoms with Crippen molar-refractivity contribution in [2.75, 3.05) is 7.05 Å². The highest BCUT2D eigenvalue weighted by Gasteiger charge is 2.23. The Bertz CT molecular complexity index is 1260. The monoisotopic (exact) mass is 383 g/mol. The van der Waals surface area contributed by atoms with Crippen LogP contribution in [0.2, 0.25) is 0 Å². The molecule has 1 aliphatic rings. The molecule has 136 valence electrons. The van der Waals surface area contributed by atoms with E-state index in [0.29, 0.717) is 5.84 Å². The largest absolute Gasteiger partial charge is 0.324 e. The van der Waals surface area contributed by atoms with Gasteiger partial charge in [-0.05, 0) is 33.7 Å². The Balaban J connectivity index is 1.61. The zero-order chi connectivity index (χ0) is 19.1. The molecule has 0 saturated carbocycles. The fraction of sp³-hybridized carbons (Fsp3) is 0.0833. The molecule has 0 saturated heterocycles. The minimum absolute atomic E-state index is 0.500. The molecule has 4 aromatic rings. The van der Waals surface area contributed by atoms with Gasteiger partial charge in [-0.3, -0.25) is 0 Å². The summed E-state index contributed by atoms with van der Waals surface area (Å²) in [5, 5.41) is 4.74. The van der Waals surface area contributed by atoms with Crippen molar-refractivity contribution in [1.82, 2.24) is 4.90 Å². The van der Waals surface area contributed by atoms with Crippen LogP contribution in [0.5, 0.6) is 0 Å². The minimum atomic E-state index is -0.500. The van der Waals surface area contributed by atoms with Crippen LogP contribution in [0, 0.1) is 0 Å². The fourth-order valence-electron chi connectivity index (χ4n) is 3.56. The Morgan fingerprint density at radius 3 is 1.89 bits per heavy atom. The van der Waals surface area contributed by atoms with Gasteiger partial charge in [0, 0.05) is 18.2 Å². The van der Waals surface area contributed by atoms with E-state index < -0.39 is 5.62 Å². The highest BCUT2D eigenvalue weighted by molar-refractivity contribution is 6.25. The molecular formula is C24H18ClN3. The summed E-state index contributed by atoms with van der Waals surface area (Å²) in [6, 6.07) is 29.2. The first kappa shape index (κ1) is 17.0. The van der Waals surface area contributed by atoms with Gasteiger partial charge in [-0.1, -0.05) is 84.4 Å². The first-order valence-electron chi connectivity index (χ1n) is 9.21. The van der Waals surface area contributed by atoms with Crippen molar-refractivity contribution in [2.24, 2.45) is 9.98 Å². The lowest BCUT2D eigenvalue weighted by atomic mass is 10.0. The number of alkyl halides is 1. The minimum Gasteiger partial charge on any atom is -0.324 e. The van der Waals surface area contributed by atoms with Crippen LogP contribution in [0.3, 0.4) is 0 Å². The van der Waals surface area contributed by atoms with Gasteiger partial charge in [0.1, 0.15) is 5.84 Å². The molecule has 28 heavy (non-hydrogen) atoms. The van der Waals surface area contributed by atoms with Crippen LogP contribution in [0.1, 0.15) is 11.1 Å². The maximum absolute atomic E-state index is 6.55. The second-order valence-corrected chi connectivity index (χ2v) is 7.32. The van der Waals surface area contributed by atoms with E-state index in [1.54, 1.807) is 0 Å². The van der Waals surface area contributed by atoms with E-state index in [4.69, 9.17) is 16.6 Å². The highest BCUT2D eigenvalue weighted by atomic mass is 35.5. The number of hydrogen-bond acceptors (Lipinski definition) is 3. The molecular weight excluding hydrogens is 366 g/mol. The van der Waals surface area contributed by atoms with Crippen molar-refractivity contribution >= 4 is 44.8 Å². The molecule has 4 aromatic carbocycles. The Labute approximate surface area is 168 Å². The van der Waals surface area contributed by atoms with Gasteiger partial charge in [-0.15, -0.1) is 0 Å². The number of amidine groups is 2. The quantitative estimate of drug-likeness (QED) is 0.324. The van der Waals surface area contributed by atoms with Crippen LogP contribution in [0.25, 0.3) is 21.5 Å². The van der Waals surface area contributed by atoms with E-state index in [0.717, 1.165) is 22.3 Å². The first-order valence-corrected chi connectivity index (χ1v) is 9.64. The summed E-state index contributed by atoms with van der Waals surface area (Å²) in [4.78, 5) is 11.4. The molecule has 3 nitrogen and oxygen atoms in total. The average molecular weight is 384 g/mol. The summed E-state index contributed by atoms with van der Waals surface area (Å²) in [5.41, 5.74) is 1.50. The van der Waals surface area contributed by atoms with Gasteiger partial charge in [0.2, 0.25) is 5.62 Å². The number of rotatable bonds is 2. The third kappa shape index (κ3) is 2.94. The average Bonchev–Trinajstić information content (AvgIpc) is 2.75. The molecule has 0 amide bonds. The molecule has 1 atom stereocenters. The SMILES string of the molecule is CN1C(c2ccc3ccccc3c2)=NC(c2ccc3ccccc3c2)=NC1Cl.